The normalized spacial score (nSPS) is 12.0. The fourth-order valence-corrected chi connectivity index (χ4v) is 2.48. The van der Waals surface area contributed by atoms with Crippen LogP contribution in [-0.2, 0) is 9.53 Å². The van der Waals surface area contributed by atoms with Crippen LogP contribution in [0.4, 0.5) is 11.4 Å². The number of anilines is 1. The van der Waals surface area contributed by atoms with Gasteiger partial charge in [-0.3, -0.25) is 15.5 Å². The molecule has 2 N–H and O–H groups in total. The lowest BCUT2D eigenvalue weighted by molar-refractivity contribution is -0.147. The molecule has 116 valence electrons. The minimum absolute atomic E-state index is 0.272. The average Bonchev–Trinajstić information content (AvgIpc) is 2.52. The van der Waals surface area contributed by atoms with Crippen molar-refractivity contribution < 1.29 is 14.7 Å². The Hall–Kier alpha value is -2.47. The van der Waals surface area contributed by atoms with E-state index in [1.54, 1.807) is 18.2 Å². The van der Waals surface area contributed by atoms with E-state index < -0.39 is 0 Å². The Kier molecular flexibility index (Phi) is 5.06. The first-order valence-corrected chi connectivity index (χ1v) is 7.08. The number of fused-ring (bicyclic) bond motifs is 1. The monoisotopic (exact) mass is 302 g/mol. The number of hydrogen-bond acceptors (Lipinski definition) is 6. The van der Waals surface area contributed by atoms with Crippen molar-refractivity contribution in [2.24, 2.45) is 5.18 Å². The highest BCUT2D eigenvalue weighted by Crippen LogP contribution is 2.35. The van der Waals surface area contributed by atoms with Crippen LogP contribution in [0.3, 0.4) is 0 Å². The molecule has 22 heavy (non-hydrogen) atoms. The number of nitrogens with zero attached hydrogens (tertiary/aromatic N) is 1. The van der Waals surface area contributed by atoms with E-state index in [1.165, 1.54) is 13.0 Å². The fourth-order valence-electron chi connectivity index (χ4n) is 2.48. The Bertz CT molecular complexity index is 700. The number of carbonyl (C=O) groups excluding carboxylic acids is 1. The maximum atomic E-state index is 11.3. The summed E-state index contributed by atoms with van der Waals surface area (Å²) >= 11 is 0. The molecular weight excluding hydrogens is 284 g/mol. The molecule has 0 fully saturated rings. The predicted molar refractivity (Wildman–Crippen MR) is 84.2 cm³/mol. The lowest BCUT2D eigenvalue weighted by Crippen LogP contribution is -2.08. The highest BCUT2D eigenvalue weighted by atomic mass is 16.5. The van der Waals surface area contributed by atoms with Crippen LogP contribution in [0, 0.1) is 4.91 Å². The van der Waals surface area contributed by atoms with Gasteiger partial charge in [-0.25, -0.2) is 0 Å². The quantitative estimate of drug-likeness (QED) is 0.468. The van der Waals surface area contributed by atoms with Gasteiger partial charge in [0.15, 0.2) is 0 Å². The van der Waals surface area contributed by atoms with Gasteiger partial charge in [0.2, 0.25) is 0 Å². The Morgan fingerprint density at radius 3 is 2.68 bits per heavy atom. The summed E-state index contributed by atoms with van der Waals surface area (Å²) in [4.78, 5) is 22.2. The van der Waals surface area contributed by atoms with Gasteiger partial charge in [0, 0.05) is 17.7 Å². The molecule has 0 heterocycles. The molecule has 0 aliphatic carbocycles. The second kappa shape index (κ2) is 7.00. The fraction of sp³-hybridized carbons (Fsp3) is 0.312. The summed E-state index contributed by atoms with van der Waals surface area (Å²) in [6, 6.07) is 8.47. The van der Waals surface area contributed by atoms with Crippen molar-refractivity contribution in [1.82, 2.24) is 0 Å². The van der Waals surface area contributed by atoms with Gasteiger partial charge in [-0.15, -0.1) is 4.91 Å². The van der Waals surface area contributed by atoms with E-state index in [9.17, 15) is 9.70 Å². The Labute approximate surface area is 128 Å². The van der Waals surface area contributed by atoms with Gasteiger partial charge in [0.25, 0.3) is 0 Å². The molecule has 0 aromatic heterocycles. The number of benzene rings is 2. The third kappa shape index (κ3) is 3.23. The highest BCUT2D eigenvalue weighted by molar-refractivity contribution is 6.01. The van der Waals surface area contributed by atoms with Gasteiger partial charge in [-0.05, 0) is 35.4 Å². The molecular formula is C16H18N2O4. The summed E-state index contributed by atoms with van der Waals surface area (Å²) in [7, 11) is 0. The van der Waals surface area contributed by atoms with Gasteiger partial charge in [-0.1, -0.05) is 25.5 Å². The van der Waals surface area contributed by atoms with Gasteiger partial charge in [-0.2, -0.15) is 0 Å². The van der Waals surface area contributed by atoms with Crippen LogP contribution in [-0.4, -0.2) is 11.2 Å². The number of esters is 1. The topological polar surface area (TPSA) is 88.0 Å². The molecule has 2 aromatic carbocycles. The van der Waals surface area contributed by atoms with Crippen LogP contribution < -0.4 is 5.48 Å². The van der Waals surface area contributed by atoms with Crippen molar-refractivity contribution in [2.75, 3.05) is 5.48 Å². The van der Waals surface area contributed by atoms with E-state index in [4.69, 9.17) is 9.94 Å². The molecule has 0 bridgehead atoms. The molecule has 0 radical (unpaired) electrons. The predicted octanol–water partition coefficient (Wildman–Crippen LogP) is 4.44. The molecule has 1 unspecified atom stereocenters. The van der Waals surface area contributed by atoms with Crippen molar-refractivity contribution in [1.29, 1.82) is 0 Å². The van der Waals surface area contributed by atoms with Gasteiger partial charge in [0.05, 0.1) is 5.69 Å². The molecule has 6 heteroatoms. The Morgan fingerprint density at radius 1 is 1.32 bits per heavy atom. The van der Waals surface area contributed by atoms with Crippen molar-refractivity contribution >= 4 is 28.1 Å². The number of carbonyl (C=O) groups is 1. The smallest absolute Gasteiger partial charge is 0.303 e. The molecule has 2 rings (SSSR count). The number of nitrogens with one attached hydrogen (secondary N) is 1. The zero-order valence-electron chi connectivity index (χ0n) is 12.5. The maximum Gasteiger partial charge on any atom is 0.303 e. The molecule has 0 aliphatic heterocycles. The lowest BCUT2D eigenvalue weighted by Gasteiger charge is -2.18. The Morgan fingerprint density at radius 2 is 2.09 bits per heavy atom. The average molecular weight is 302 g/mol. The maximum absolute atomic E-state index is 11.3. The second-order valence-electron chi connectivity index (χ2n) is 5.03. The van der Waals surface area contributed by atoms with Crippen LogP contribution in [0.5, 0.6) is 0 Å². The van der Waals surface area contributed by atoms with Crippen LogP contribution in [0.1, 0.15) is 38.4 Å². The van der Waals surface area contributed by atoms with Gasteiger partial charge >= 0.3 is 5.97 Å². The summed E-state index contributed by atoms with van der Waals surface area (Å²) in [5.74, 6) is -0.349. The second-order valence-corrected chi connectivity index (χ2v) is 5.03. The van der Waals surface area contributed by atoms with Crippen molar-refractivity contribution in [2.45, 2.75) is 32.8 Å². The molecule has 1 atom stereocenters. The minimum Gasteiger partial charge on any atom is -0.458 e. The molecule has 0 saturated carbocycles. The third-order valence-electron chi connectivity index (χ3n) is 3.47. The summed E-state index contributed by atoms with van der Waals surface area (Å²) < 4.78 is 5.34. The number of ether oxygens (including phenoxy) is 1. The first kappa shape index (κ1) is 15.9. The number of hydrogen-bond donors (Lipinski definition) is 2. The summed E-state index contributed by atoms with van der Waals surface area (Å²) in [5.41, 5.74) is 3.65. The SMILES string of the molecule is CCCC(OC(C)=O)c1ccc2c(NO)ccc(N=O)c2c1. The van der Waals surface area contributed by atoms with Crippen LogP contribution in [0.2, 0.25) is 0 Å². The third-order valence-corrected chi connectivity index (χ3v) is 3.47. The molecule has 0 amide bonds. The van der Waals surface area contributed by atoms with E-state index in [0.717, 1.165) is 12.0 Å². The highest BCUT2D eigenvalue weighted by Gasteiger charge is 2.16. The van der Waals surface area contributed by atoms with Crippen molar-refractivity contribution in [3.63, 3.8) is 0 Å². The minimum atomic E-state index is -0.364. The molecule has 2 aromatic rings. The largest absolute Gasteiger partial charge is 0.458 e. The van der Waals surface area contributed by atoms with Crippen LogP contribution >= 0.6 is 0 Å². The Balaban J connectivity index is 2.56. The zero-order chi connectivity index (χ0) is 16.1. The summed E-state index contributed by atoms with van der Waals surface area (Å²) in [6.07, 6.45) is 1.18. The number of rotatable bonds is 6. The van der Waals surface area contributed by atoms with E-state index in [-0.39, 0.29) is 17.8 Å². The van der Waals surface area contributed by atoms with Gasteiger partial charge in [0.1, 0.15) is 11.8 Å². The van der Waals surface area contributed by atoms with Crippen LogP contribution in [0.25, 0.3) is 10.8 Å². The van der Waals surface area contributed by atoms with E-state index >= 15 is 0 Å². The summed E-state index contributed by atoms with van der Waals surface area (Å²) in [5, 5.41) is 13.4. The standard InChI is InChI=1S/C16H18N2O4/c1-3-4-16(22-10(2)19)11-5-6-12-13(9-11)15(18-21)8-7-14(12)17-20/h5-9,16-17,20H,3-4H2,1-2H3. The van der Waals surface area contributed by atoms with Gasteiger partial charge < -0.3 is 4.74 Å². The lowest BCUT2D eigenvalue weighted by atomic mass is 9.99. The first-order valence-electron chi connectivity index (χ1n) is 7.08. The molecule has 6 nitrogen and oxygen atoms in total. The van der Waals surface area contributed by atoms with E-state index in [1.807, 2.05) is 13.0 Å². The summed E-state index contributed by atoms with van der Waals surface area (Å²) in [6.45, 7) is 3.37. The molecule has 0 saturated heterocycles. The van der Waals surface area contributed by atoms with Crippen molar-refractivity contribution in [3.8, 4) is 0 Å². The van der Waals surface area contributed by atoms with Crippen LogP contribution in [0.15, 0.2) is 35.5 Å². The molecule has 0 spiro atoms. The number of nitroso groups, excluding NO2 is 1. The van der Waals surface area contributed by atoms with E-state index in [0.29, 0.717) is 22.9 Å². The van der Waals surface area contributed by atoms with Crippen molar-refractivity contribution in [3.05, 3.63) is 40.8 Å². The zero-order valence-corrected chi connectivity index (χ0v) is 12.5. The molecule has 0 aliphatic rings. The first-order chi connectivity index (χ1) is 10.6. The van der Waals surface area contributed by atoms with E-state index in [2.05, 4.69) is 10.7 Å².